The lowest BCUT2D eigenvalue weighted by Gasteiger charge is -2.28. The van der Waals surface area contributed by atoms with E-state index in [9.17, 15) is 4.79 Å². The van der Waals surface area contributed by atoms with E-state index in [-0.39, 0.29) is 11.9 Å². The maximum atomic E-state index is 12.6. The van der Waals surface area contributed by atoms with E-state index in [1.54, 1.807) is 12.1 Å². The minimum atomic E-state index is -0.558. The summed E-state index contributed by atoms with van der Waals surface area (Å²) in [6.45, 7) is 1.90. The molecule has 2 unspecified atom stereocenters. The Morgan fingerprint density at radius 1 is 1.38 bits per heavy atom. The number of amides is 1. The van der Waals surface area contributed by atoms with Gasteiger partial charge in [0.25, 0.3) is 0 Å². The molecule has 0 radical (unpaired) electrons. The van der Waals surface area contributed by atoms with Crippen molar-refractivity contribution in [1.82, 2.24) is 0 Å². The van der Waals surface area contributed by atoms with Crippen LogP contribution in [0.4, 0.5) is 5.69 Å². The fourth-order valence-electron chi connectivity index (χ4n) is 2.70. The molecule has 0 aromatic heterocycles. The molecule has 1 amide bonds. The lowest BCUT2D eigenvalue weighted by atomic mass is 9.84. The zero-order valence-electron chi connectivity index (χ0n) is 12.5. The summed E-state index contributed by atoms with van der Waals surface area (Å²) >= 11 is 6.06. The van der Waals surface area contributed by atoms with Gasteiger partial charge in [-0.2, -0.15) is 0 Å². The van der Waals surface area contributed by atoms with E-state index >= 15 is 0 Å². The summed E-state index contributed by atoms with van der Waals surface area (Å²) in [6, 6.07) is 3.15. The van der Waals surface area contributed by atoms with Crippen LogP contribution in [0.25, 0.3) is 0 Å². The topological polar surface area (TPSA) is 73.6 Å². The number of nitrogens with two attached hydrogens (primary N) is 1. The van der Waals surface area contributed by atoms with E-state index in [1.165, 1.54) is 14.2 Å². The lowest BCUT2D eigenvalue weighted by Crippen LogP contribution is -2.44. The Morgan fingerprint density at radius 2 is 2.05 bits per heavy atom. The molecule has 0 bridgehead atoms. The first-order valence-corrected chi connectivity index (χ1v) is 7.28. The summed E-state index contributed by atoms with van der Waals surface area (Å²) < 4.78 is 10.4. The molecule has 3 N–H and O–H groups in total. The zero-order chi connectivity index (χ0) is 15.6. The summed E-state index contributed by atoms with van der Waals surface area (Å²) in [7, 11) is 3.05. The first-order chi connectivity index (χ1) is 9.92. The predicted octanol–water partition coefficient (Wildman–Crippen LogP) is 2.81. The van der Waals surface area contributed by atoms with Crippen LogP contribution in [0.1, 0.15) is 26.2 Å². The second-order valence-corrected chi connectivity index (χ2v) is 5.96. The van der Waals surface area contributed by atoms with Crippen LogP contribution in [0, 0.1) is 5.41 Å². The average Bonchev–Trinajstić information content (AvgIpc) is 2.81. The van der Waals surface area contributed by atoms with Gasteiger partial charge in [-0.3, -0.25) is 4.79 Å². The number of halogens is 1. The molecule has 21 heavy (non-hydrogen) atoms. The SMILES string of the molecule is COc1cc(NC(=O)C2(C)CCCC2N)c(OC)cc1Cl. The molecule has 1 fully saturated rings. The van der Waals surface area contributed by atoms with Crippen molar-refractivity contribution in [2.24, 2.45) is 11.1 Å². The van der Waals surface area contributed by atoms with E-state index in [0.717, 1.165) is 19.3 Å². The van der Waals surface area contributed by atoms with Gasteiger partial charge in [-0.25, -0.2) is 0 Å². The van der Waals surface area contributed by atoms with Crippen LogP contribution in [0.5, 0.6) is 11.5 Å². The van der Waals surface area contributed by atoms with Gasteiger partial charge >= 0.3 is 0 Å². The number of hydrogen-bond acceptors (Lipinski definition) is 4. The minimum absolute atomic E-state index is 0.102. The maximum Gasteiger partial charge on any atom is 0.231 e. The van der Waals surface area contributed by atoms with E-state index in [2.05, 4.69) is 5.32 Å². The highest BCUT2D eigenvalue weighted by molar-refractivity contribution is 6.32. The zero-order valence-corrected chi connectivity index (χ0v) is 13.3. The summed E-state index contributed by atoms with van der Waals surface area (Å²) in [5.74, 6) is 0.869. The molecule has 6 heteroatoms. The molecule has 5 nitrogen and oxygen atoms in total. The standard InChI is InChI=1S/C15H21ClN2O3/c1-15(6-4-5-13(15)17)14(19)18-10-8-11(20-2)9(16)7-12(10)21-3/h7-8,13H,4-6,17H2,1-3H3,(H,18,19). The van der Waals surface area contributed by atoms with Crippen LogP contribution >= 0.6 is 11.6 Å². The van der Waals surface area contributed by atoms with Gasteiger partial charge in [-0.15, -0.1) is 0 Å². The summed E-state index contributed by atoms with van der Waals surface area (Å²) in [5.41, 5.74) is 6.05. The van der Waals surface area contributed by atoms with Crippen LogP contribution < -0.4 is 20.5 Å². The quantitative estimate of drug-likeness (QED) is 0.896. The van der Waals surface area contributed by atoms with Crippen molar-refractivity contribution in [1.29, 1.82) is 0 Å². The van der Waals surface area contributed by atoms with Crippen molar-refractivity contribution in [2.75, 3.05) is 19.5 Å². The van der Waals surface area contributed by atoms with Gasteiger partial charge in [0.05, 0.1) is 30.3 Å². The number of carbonyl (C=O) groups is 1. The molecule has 1 saturated carbocycles. The molecule has 1 aromatic carbocycles. The third-order valence-electron chi connectivity index (χ3n) is 4.27. The van der Waals surface area contributed by atoms with Crippen molar-refractivity contribution >= 4 is 23.2 Å². The van der Waals surface area contributed by atoms with Crippen LogP contribution in [-0.4, -0.2) is 26.2 Å². The number of ether oxygens (including phenoxy) is 2. The second-order valence-electron chi connectivity index (χ2n) is 5.56. The van der Waals surface area contributed by atoms with Gasteiger partial charge in [0.15, 0.2) is 0 Å². The van der Waals surface area contributed by atoms with Gasteiger partial charge in [0.1, 0.15) is 11.5 Å². The molecule has 2 atom stereocenters. The van der Waals surface area contributed by atoms with Gasteiger partial charge in [0.2, 0.25) is 5.91 Å². The van der Waals surface area contributed by atoms with Crippen LogP contribution in [-0.2, 0) is 4.79 Å². The molecule has 0 spiro atoms. The van der Waals surface area contributed by atoms with Crippen molar-refractivity contribution in [3.8, 4) is 11.5 Å². The van der Waals surface area contributed by atoms with Gasteiger partial charge in [0, 0.05) is 18.2 Å². The van der Waals surface area contributed by atoms with E-state index < -0.39 is 5.41 Å². The third-order valence-corrected chi connectivity index (χ3v) is 4.57. The molecule has 1 aliphatic carbocycles. The van der Waals surface area contributed by atoms with Crippen molar-refractivity contribution < 1.29 is 14.3 Å². The molecular weight excluding hydrogens is 292 g/mol. The summed E-state index contributed by atoms with van der Waals surface area (Å²) in [4.78, 5) is 12.6. The number of rotatable bonds is 4. The number of nitrogens with one attached hydrogen (secondary N) is 1. The fourth-order valence-corrected chi connectivity index (χ4v) is 2.93. The van der Waals surface area contributed by atoms with E-state index in [1.807, 2.05) is 6.92 Å². The molecule has 116 valence electrons. The van der Waals surface area contributed by atoms with Gasteiger partial charge in [-0.1, -0.05) is 18.0 Å². The Balaban J connectivity index is 2.28. The summed E-state index contributed by atoms with van der Waals surface area (Å²) in [6.07, 6.45) is 2.62. The molecule has 0 aliphatic heterocycles. The Morgan fingerprint density at radius 3 is 2.57 bits per heavy atom. The Labute approximate surface area is 129 Å². The van der Waals surface area contributed by atoms with E-state index in [4.69, 9.17) is 26.8 Å². The van der Waals surface area contributed by atoms with Crippen LogP contribution in [0.15, 0.2) is 12.1 Å². The molecule has 2 rings (SSSR count). The number of hydrogen-bond donors (Lipinski definition) is 2. The molecular formula is C15H21ClN2O3. The number of methoxy groups -OCH3 is 2. The van der Waals surface area contributed by atoms with Crippen molar-refractivity contribution in [3.63, 3.8) is 0 Å². The highest BCUT2D eigenvalue weighted by Gasteiger charge is 2.43. The first kappa shape index (κ1) is 15.9. The third kappa shape index (κ3) is 2.94. The second kappa shape index (κ2) is 6.12. The minimum Gasteiger partial charge on any atom is -0.495 e. The van der Waals surface area contributed by atoms with Crippen molar-refractivity contribution in [3.05, 3.63) is 17.2 Å². The largest absolute Gasteiger partial charge is 0.495 e. The lowest BCUT2D eigenvalue weighted by molar-refractivity contribution is -0.125. The first-order valence-electron chi connectivity index (χ1n) is 6.91. The molecule has 1 aromatic rings. The maximum absolute atomic E-state index is 12.6. The average molecular weight is 313 g/mol. The van der Waals surface area contributed by atoms with Crippen molar-refractivity contribution in [2.45, 2.75) is 32.2 Å². The Hall–Kier alpha value is -1.46. The number of carbonyl (C=O) groups excluding carboxylic acids is 1. The van der Waals surface area contributed by atoms with E-state index in [0.29, 0.717) is 22.2 Å². The number of anilines is 1. The smallest absolute Gasteiger partial charge is 0.231 e. The van der Waals surface area contributed by atoms with Gasteiger partial charge in [-0.05, 0) is 19.8 Å². The van der Waals surface area contributed by atoms with Gasteiger partial charge < -0.3 is 20.5 Å². The monoisotopic (exact) mass is 312 g/mol. The highest BCUT2D eigenvalue weighted by Crippen LogP contribution is 2.40. The molecule has 0 heterocycles. The van der Waals surface area contributed by atoms with Crippen LogP contribution in [0.2, 0.25) is 5.02 Å². The van der Waals surface area contributed by atoms with Crippen LogP contribution in [0.3, 0.4) is 0 Å². The predicted molar refractivity (Wildman–Crippen MR) is 83.1 cm³/mol. The summed E-state index contributed by atoms with van der Waals surface area (Å²) in [5, 5.41) is 3.32. The Kier molecular flexibility index (Phi) is 4.64. The Bertz CT molecular complexity index is 550. The highest BCUT2D eigenvalue weighted by atomic mass is 35.5. The molecule has 0 saturated heterocycles. The molecule has 1 aliphatic rings. The fraction of sp³-hybridized carbons (Fsp3) is 0.533. The number of benzene rings is 1. The normalized spacial score (nSPS) is 24.7.